The number of hydrogen-bond acceptors (Lipinski definition) is 4. The van der Waals surface area contributed by atoms with E-state index in [1.54, 1.807) is 18.3 Å². The highest BCUT2D eigenvalue weighted by Gasteiger charge is 2.30. The summed E-state index contributed by atoms with van der Waals surface area (Å²) in [5, 5.41) is 9.57. The van der Waals surface area contributed by atoms with Crippen LogP contribution in [-0.2, 0) is 17.8 Å². The van der Waals surface area contributed by atoms with Crippen LogP contribution in [0.4, 0.5) is 0 Å². The fourth-order valence-electron chi connectivity index (χ4n) is 4.35. The van der Waals surface area contributed by atoms with Crippen LogP contribution in [0.2, 0.25) is 0 Å². The molecule has 1 aliphatic heterocycles. The van der Waals surface area contributed by atoms with E-state index in [0.29, 0.717) is 6.42 Å². The molecule has 4 rings (SSSR count). The lowest BCUT2D eigenvalue weighted by atomic mass is 9.91. The summed E-state index contributed by atoms with van der Waals surface area (Å²) in [5.41, 5.74) is 4.54. The molecule has 2 aromatic carbocycles. The molecule has 0 saturated carbocycles. The Morgan fingerprint density at radius 2 is 1.84 bits per heavy atom. The molecule has 1 fully saturated rings. The number of hydrogen-bond donors (Lipinski definition) is 1. The van der Waals surface area contributed by atoms with Crippen LogP contribution in [0, 0.1) is 5.92 Å². The maximum atomic E-state index is 13.3. The standard InChI is InChI=1S/C26H29N3O2/c1-2-29-15-14-28(18-20-9-11-24(30)12-10-20)19-23(26(29)31)16-21-6-3-4-8-25(21)22-7-5-13-27-17-22/h3-13,17,23,30H,2,14-16,18-19H2,1H3/t23-/m0/s1. The van der Waals surface area contributed by atoms with Crippen LogP contribution >= 0.6 is 0 Å². The first-order chi connectivity index (χ1) is 15.1. The number of benzene rings is 2. The number of carbonyl (C=O) groups is 1. The van der Waals surface area contributed by atoms with Crippen LogP contribution in [0.15, 0.2) is 73.1 Å². The van der Waals surface area contributed by atoms with Crippen molar-refractivity contribution < 1.29 is 9.90 Å². The number of phenols is 1. The summed E-state index contributed by atoms with van der Waals surface area (Å²) >= 11 is 0. The average Bonchev–Trinajstić information content (AvgIpc) is 2.95. The molecule has 1 saturated heterocycles. The molecular formula is C26H29N3O2. The molecule has 1 atom stereocenters. The number of pyridine rings is 1. The van der Waals surface area contributed by atoms with Crippen molar-refractivity contribution in [2.45, 2.75) is 19.9 Å². The van der Waals surface area contributed by atoms with E-state index < -0.39 is 0 Å². The van der Waals surface area contributed by atoms with Crippen molar-refractivity contribution in [3.63, 3.8) is 0 Å². The molecule has 2 heterocycles. The first kappa shape index (κ1) is 21.1. The Hall–Kier alpha value is -3.18. The summed E-state index contributed by atoms with van der Waals surface area (Å²) in [7, 11) is 0. The van der Waals surface area contributed by atoms with Crippen molar-refractivity contribution in [1.82, 2.24) is 14.8 Å². The van der Waals surface area contributed by atoms with Gasteiger partial charge in [0.05, 0.1) is 5.92 Å². The van der Waals surface area contributed by atoms with E-state index in [-0.39, 0.29) is 17.6 Å². The normalized spacial score (nSPS) is 17.5. The second kappa shape index (κ2) is 9.75. The zero-order valence-corrected chi connectivity index (χ0v) is 17.9. The third-order valence-electron chi connectivity index (χ3n) is 6.01. The van der Waals surface area contributed by atoms with Crippen molar-refractivity contribution in [3.05, 3.63) is 84.2 Å². The first-order valence-electron chi connectivity index (χ1n) is 10.9. The SMILES string of the molecule is CCN1CCN(Cc2ccc(O)cc2)C[C@H](Cc2ccccc2-c2cccnc2)C1=O. The number of nitrogens with zero attached hydrogens (tertiary/aromatic N) is 3. The van der Waals surface area contributed by atoms with Gasteiger partial charge in [-0.1, -0.05) is 42.5 Å². The van der Waals surface area contributed by atoms with E-state index in [4.69, 9.17) is 0 Å². The summed E-state index contributed by atoms with van der Waals surface area (Å²) in [6, 6.07) is 19.7. The third-order valence-corrected chi connectivity index (χ3v) is 6.01. The quantitative estimate of drug-likeness (QED) is 0.662. The Morgan fingerprint density at radius 1 is 1.03 bits per heavy atom. The van der Waals surface area contributed by atoms with E-state index in [9.17, 15) is 9.90 Å². The van der Waals surface area contributed by atoms with Gasteiger partial charge < -0.3 is 10.0 Å². The molecule has 160 valence electrons. The summed E-state index contributed by atoms with van der Waals surface area (Å²) in [5.74, 6) is 0.408. The summed E-state index contributed by atoms with van der Waals surface area (Å²) in [4.78, 5) is 21.9. The van der Waals surface area contributed by atoms with Gasteiger partial charge >= 0.3 is 0 Å². The predicted molar refractivity (Wildman–Crippen MR) is 123 cm³/mol. The Bertz CT molecular complexity index is 1000. The van der Waals surface area contributed by atoms with Crippen LogP contribution < -0.4 is 0 Å². The second-order valence-corrected chi connectivity index (χ2v) is 8.12. The van der Waals surface area contributed by atoms with Gasteiger partial charge in [-0.25, -0.2) is 0 Å². The lowest BCUT2D eigenvalue weighted by molar-refractivity contribution is -0.134. The van der Waals surface area contributed by atoms with Gasteiger partial charge in [0.2, 0.25) is 5.91 Å². The van der Waals surface area contributed by atoms with Gasteiger partial charge in [-0.2, -0.15) is 0 Å². The lowest BCUT2D eigenvalue weighted by Crippen LogP contribution is -2.37. The number of aromatic nitrogens is 1. The first-order valence-corrected chi connectivity index (χ1v) is 10.9. The Morgan fingerprint density at radius 3 is 2.58 bits per heavy atom. The zero-order valence-electron chi connectivity index (χ0n) is 17.9. The number of carbonyl (C=O) groups excluding carboxylic acids is 1. The minimum absolute atomic E-state index is 0.0996. The van der Waals surface area contributed by atoms with Crippen LogP contribution in [0.25, 0.3) is 11.1 Å². The zero-order chi connectivity index (χ0) is 21.6. The number of amides is 1. The molecule has 3 aromatic rings. The van der Waals surface area contributed by atoms with E-state index in [2.05, 4.69) is 28.1 Å². The van der Waals surface area contributed by atoms with Crippen molar-refractivity contribution in [2.75, 3.05) is 26.2 Å². The van der Waals surface area contributed by atoms with Gasteiger partial charge in [-0.15, -0.1) is 0 Å². The van der Waals surface area contributed by atoms with Crippen molar-refractivity contribution in [1.29, 1.82) is 0 Å². The van der Waals surface area contributed by atoms with Crippen LogP contribution in [0.3, 0.4) is 0 Å². The van der Waals surface area contributed by atoms with Crippen molar-refractivity contribution >= 4 is 5.91 Å². The molecule has 1 aromatic heterocycles. The third kappa shape index (κ3) is 5.12. The van der Waals surface area contributed by atoms with E-state index >= 15 is 0 Å². The Balaban J connectivity index is 1.58. The molecular weight excluding hydrogens is 386 g/mol. The fourth-order valence-corrected chi connectivity index (χ4v) is 4.35. The van der Waals surface area contributed by atoms with Crippen molar-refractivity contribution in [3.8, 4) is 16.9 Å². The van der Waals surface area contributed by atoms with Crippen LogP contribution in [0.1, 0.15) is 18.1 Å². The Labute approximate surface area is 184 Å². The smallest absolute Gasteiger partial charge is 0.227 e. The molecule has 1 N–H and O–H groups in total. The van der Waals surface area contributed by atoms with Gasteiger partial charge in [0, 0.05) is 50.7 Å². The largest absolute Gasteiger partial charge is 0.508 e. The van der Waals surface area contributed by atoms with E-state index in [0.717, 1.165) is 49.4 Å². The molecule has 1 aliphatic rings. The summed E-state index contributed by atoms with van der Waals surface area (Å²) in [6.07, 6.45) is 4.36. The maximum Gasteiger partial charge on any atom is 0.227 e. The molecule has 0 radical (unpaired) electrons. The molecule has 0 bridgehead atoms. The molecule has 0 unspecified atom stereocenters. The monoisotopic (exact) mass is 415 g/mol. The van der Waals surface area contributed by atoms with Gasteiger partial charge in [-0.05, 0) is 48.2 Å². The van der Waals surface area contributed by atoms with Gasteiger partial charge in [0.1, 0.15) is 5.75 Å². The molecule has 5 nitrogen and oxygen atoms in total. The summed E-state index contributed by atoms with van der Waals surface area (Å²) < 4.78 is 0. The number of likely N-dealkylation sites (N-methyl/N-ethyl adjacent to an activating group) is 1. The maximum absolute atomic E-state index is 13.3. The topological polar surface area (TPSA) is 56.7 Å². The van der Waals surface area contributed by atoms with Crippen LogP contribution in [-0.4, -0.2) is 52.0 Å². The van der Waals surface area contributed by atoms with Crippen LogP contribution in [0.5, 0.6) is 5.75 Å². The Kier molecular flexibility index (Phi) is 6.63. The molecule has 0 spiro atoms. The number of phenolic OH excluding ortho intramolecular Hbond substituents is 1. The average molecular weight is 416 g/mol. The van der Waals surface area contributed by atoms with Crippen molar-refractivity contribution in [2.24, 2.45) is 5.92 Å². The molecule has 0 aliphatic carbocycles. The number of aromatic hydroxyl groups is 1. The van der Waals surface area contributed by atoms with Gasteiger partial charge in [0.25, 0.3) is 0 Å². The summed E-state index contributed by atoms with van der Waals surface area (Å²) in [6.45, 7) is 5.86. The second-order valence-electron chi connectivity index (χ2n) is 8.12. The lowest BCUT2D eigenvalue weighted by Gasteiger charge is -2.24. The highest BCUT2D eigenvalue weighted by atomic mass is 16.3. The van der Waals surface area contributed by atoms with Gasteiger partial charge in [-0.3, -0.25) is 14.7 Å². The highest BCUT2D eigenvalue weighted by molar-refractivity contribution is 5.80. The molecule has 31 heavy (non-hydrogen) atoms. The number of rotatable bonds is 6. The van der Waals surface area contributed by atoms with E-state index in [1.807, 2.05) is 48.4 Å². The van der Waals surface area contributed by atoms with Gasteiger partial charge in [0.15, 0.2) is 0 Å². The van der Waals surface area contributed by atoms with E-state index in [1.165, 1.54) is 5.56 Å². The predicted octanol–water partition coefficient (Wildman–Crippen LogP) is 3.98. The highest BCUT2D eigenvalue weighted by Crippen LogP contribution is 2.27. The molecule has 1 amide bonds. The minimum Gasteiger partial charge on any atom is -0.508 e. The fraction of sp³-hybridized carbons (Fsp3) is 0.308. The minimum atomic E-state index is -0.0996. The molecule has 5 heteroatoms.